The third-order valence-corrected chi connectivity index (χ3v) is 5.11. The topological polar surface area (TPSA) is 70.5 Å². The van der Waals surface area contributed by atoms with Crippen LogP contribution in [0, 0.1) is 5.92 Å². The number of benzene rings is 1. The fourth-order valence-electron chi connectivity index (χ4n) is 2.20. The molecular weight excluding hydrogens is 332 g/mol. The van der Waals surface area contributed by atoms with Crippen molar-refractivity contribution in [1.29, 1.82) is 0 Å². The minimum Gasteiger partial charge on any atom is -0.481 e. The van der Waals surface area contributed by atoms with E-state index in [1.165, 1.54) is 16.2 Å². The van der Waals surface area contributed by atoms with Gasteiger partial charge in [-0.1, -0.05) is 0 Å². The Morgan fingerprint density at radius 2 is 2.32 bits per heavy atom. The van der Waals surface area contributed by atoms with E-state index in [1.807, 2.05) is 6.07 Å². The fraction of sp³-hybridized carbons (Fsp3) is 0.250. The van der Waals surface area contributed by atoms with Crippen molar-refractivity contribution in [2.24, 2.45) is 5.92 Å². The molecule has 19 heavy (non-hydrogen) atoms. The van der Waals surface area contributed by atoms with Gasteiger partial charge < -0.3 is 10.0 Å². The first-order valence-electron chi connectivity index (χ1n) is 5.63. The van der Waals surface area contributed by atoms with Crippen LogP contribution < -0.4 is 4.90 Å². The molecule has 1 aromatic heterocycles. The summed E-state index contributed by atoms with van der Waals surface area (Å²) in [5.74, 6) is -1.71. The molecule has 5 nitrogen and oxygen atoms in total. The van der Waals surface area contributed by atoms with Gasteiger partial charge in [0.2, 0.25) is 5.91 Å². The molecule has 98 valence electrons. The molecule has 3 rings (SSSR count). The molecule has 1 saturated heterocycles. The number of hydrogen-bond acceptors (Lipinski definition) is 4. The lowest BCUT2D eigenvalue weighted by Gasteiger charge is -2.18. The highest BCUT2D eigenvalue weighted by Gasteiger charge is 2.36. The number of carboxylic acid groups (broad SMARTS) is 1. The van der Waals surface area contributed by atoms with Gasteiger partial charge in [0.25, 0.3) is 0 Å². The summed E-state index contributed by atoms with van der Waals surface area (Å²) in [6.07, 6.45) is 0.0580. The molecule has 1 aliphatic heterocycles. The summed E-state index contributed by atoms with van der Waals surface area (Å²) in [6.45, 7) is 0.219. The molecule has 1 amide bonds. The Balaban J connectivity index is 2.02. The molecule has 0 bridgehead atoms. The number of carbonyl (C=O) groups is 2. The average Bonchev–Trinajstić information content (AvgIpc) is 2.97. The van der Waals surface area contributed by atoms with Crippen LogP contribution in [0.2, 0.25) is 0 Å². The minimum absolute atomic E-state index is 0.0580. The van der Waals surface area contributed by atoms with Crippen molar-refractivity contribution in [3.05, 3.63) is 22.1 Å². The Morgan fingerprint density at radius 3 is 3.00 bits per heavy atom. The summed E-state index contributed by atoms with van der Waals surface area (Å²) in [6, 6.07) is 3.64. The van der Waals surface area contributed by atoms with E-state index in [0.717, 1.165) is 14.7 Å². The Labute approximate surface area is 121 Å². The smallest absolute Gasteiger partial charge is 0.308 e. The number of aromatic nitrogens is 1. The van der Waals surface area contributed by atoms with E-state index in [2.05, 4.69) is 20.9 Å². The summed E-state index contributed by atoms with van der Waals surface area (Å²) in [5, 5.41) is 9.01. The molecule has 1 fully saturated rings. The molecule has 2 aromatic rings. The first-order chi connectivity index (χ1) is 9.08. The number of anilines is 1. The van der Waals surface area contributed by atoms with Crippen molar-refractivity contribution in [2.75, 3.05) is 11.4 Å². The quantitative estimate of drug-likeness (QED) is 0.911. The summed E-state index contributed by atoms with van der Waals surface area (Å²) >= 11 is 4.97. The number of carbonyl (C=O) groups excluding carboxylic acids is 1. The lowest BCUT2D eigenvalue weighted by atomic mass is 10.1. The number of amides is 1. The van der Waals surface area contributed by atoms with E-state index >= 15 is 0 Å². The Hall–Kier alpha value is -1.47. The second kappa shape index (κ2) is 4.57. The summed E-state index contributed by atoms with van der Waals surface area (Å²) in [7, 11) is 0. The van der Waals surface area contributed by atoms with E-state index in [-0.39, 0.29) is 18.9 Å². The number of rotatable bonds is 2. The fourth-order valence-corrected chi connectivity index (χ4v) is 3.75. The molecule has 1 atom stereocenters. The summed E-state index contributed by atoms with van der Waals surface area (Å²) in [4.78, 5) is 28.7. The molecule has 7 heteroatoms. The number of halogens is 1. The summed E-state index contributed by atoms with van der Waals surface area (Å²) in [5.41, 5.74) is 3.32. The largest absolute Gasteiger partial charge is 0.481 e. The molecule has 1 N–H and O–H groups in total. The number of aliphatic carboxylic acids is 1. The standard InChI is InChI=1S/C12H9BrN2O3S/c13-10-8(2-1-7-11(10)19-5-14-7)15-4-6(12(17)18)3-9(15)16/h1-2,5-6H,3-4H2,(H,17,18). The number of fused-ring (bicyclic) bond motifs is 1. The zero-order chi connectivity index (χ0) is 13.6. The van der Waals surface area contributed by atoms with Crippen LogP contribution >= 0.6 is 27.3 Å². The van der Waals surface area contributed by atoms with Gasteiger partial charge in [0.05, 0.1) is 31.8 Å². The minimum atomic E-state index is -0.925. The molecule has 1 aromatic carbocycles. The van der Waals surface area contributed by atoms with Crippen LogP contribution in [0.15, 0.2) is 22.1 Å². The monoisotopic (exact) mass is 340 g/mol. The molecule has 0 radical (unpaired) electrons. The van der Waals surface area contributed by atoms with E-state index in [4.69, 9.17) is 5.11 Å². The van der Waals surface area contributed by atoms with Gasteiger partial charge in [-0.15, -0.1) is 11.3 Å². The Bertz CT molecular complexity index is 685. The number of thiazole rings is 1. The maximum atomic E-state index is 11.9. The van der Waals surface area contributed by atoms with E-state index in [0.29, 0.717) is 5.69 Å². The van der Waals surface area contributed by atoms with Crippen LogP contribution in [0.5, 0.6) is 0 Å². The van der Waals surface area contributed by atoms with Gasteiger partial charge in [-0.25, -0.2) is 4.98 Å². The van der Waals surface area contributed by atoms with Crippen molar-refractivity contribution in [3.63, 3.8) is 0 Å². The van der Waals surface area contributed by atoms with E-state index in [1.54, 1.807) is 11.6 Å². The second-order valence-corrected chi connectivity index (χ2v) is 5.99. The van der Waals surface area contributed by atoms with Gasteiger partial charge in [-0.2, -0.15) is 0 Å². The normalized spacial score (nSPS) is 19.3. The summed E-state index contributed by atoms with van der Waals surface area (Å²) < 4.78 is 1.76. The van der Waals surface area contributed by atoms with Gasteiger partial charge in [0.15, 0.2) is 0 Å². The van der Waals surface area contributed by atoms with Gasteiger partial charge in [0.1, 0.15) is 0 Å². The van der Waals surface area contributed by atoms with Gasteiger partial charge in [-0.3, -0.25) is 9.59 Å². The van der Waals surface area contributed by atoms with Gasteiger partial charge in [0, 0.05) is 13.0 Å². The highest BCUT2D eigenvalue weighted by atomic mass is 79.9. The third-order valence-electron chi connectivity index (χ3n) is 3.18. The Kier molecular flexibility index (Phi) is 3.02. The van der Waals surface area contributed by atoms with Crippen LogP contribution in [0.4, 0.5) is 5.69 Å². The van der Waals surface area contributed by atoms with Crippen molar-refractivity contribution in [1.82, 2.24) is 4.98 Å². The predicted molar refractivity (Wildman–Crippen MR) is 75.4 cm³/mol. The molecule has 1 unspecified atom stereocenters. The highest BCUT2D eigenvalue weighted by molar-refractivity contribution is 9.10. The van der Waals surface area contributed by atoms with Crippen LogP contribution in [0.25, 0.3) is 10.2 Å². The van der Waals surface area contributed by atoms with Crippen molar-refractivity contribution in [3.8, 4) is 0 Å². The lowest BCUT2D eigenvalue weighted by Crippen LogP contribution is -2.26. The van der Waals surface area contributed by atoms with E-state index in [9.17, 15) is 9.59 Å². The second-order valence-electron chi connectivity index (χ2n) is 4.34. The maximum Gasteiger partial charge on any atom is 0.308 e. The molecular formula is C12H9BrN2O3S. The highest BCUT2D eigenvalue weighted by Crippen LogP contribution is 2.38. The Morgan fingerprint density at radius 1 is 1.53 bits per heavy atom. The van der Waals surface area contributed by atoms with Crippen molar-refractivity contribution in [2.45, 2.75) is 6.42 Å². The zero-order valence-electron chi connectivity index (χ0n) is 9.67. The first kappa shape index (κ1) is 12.6. The van der Waals surface area contributed by atoms with Gasteiger partial charge >= 0.3 is 5.97 Å². The number of hydrogen-bond donors (Lipinski definition) is 1. The average molecular weight is 341 g/mol. The van der Waals surface area contributed by atoms with Crippen molar-refractivity contribution >= 4 is 55.0 Å². The first-order valence-corrected chi connectivity index (χ1v) is 7.30. The molecule has 0 spiro atoms. The predicted octanol–water partition coefficient (Wildman–Crippen LogP) is 2.50. The van der Waals surface area contributed by atoms with Crippen LogP contribution in [0.1, 0.15) is 6.42 Å². The number of nitrogens with zero attached hydrogens (tertiary/aromatic N) is 2. The van der Waals surface area contributed by atoms with Crippen molar-refractivity contribution < 1.29 is 14.7 Å². The zero-order valence-corrected chi connectivity index (χ0v) is 12.1. The van der Waals surface area contributed by atoms with E-state index < -0.39 is 11.9 Å². The molecule has 1 aliphatic rings. The molecule has 2 heterocycles. The SMILES string of the molecule is O=C(O)C1CC(=O)N(c2ccc3ncsc3c2Br)C1. The van der Waals surface area contributed by atoms with Crippen LogP contribution in [-0.2, 0) is 9.59 Å². The number of carboxylic acids is 1. The third kappa shape index (κ3) is 2.02. The van der Waals surface area contributed by atoms with Crippen LogP contribution in [-0.4, -0.2) is 28.5 Å². The molecule has 0 aliphatic carbocycles. The van der Waals surface area contributed by atoms with Crippen LogP contribution in [0.3, 0.4) is 0 Å². The molecule has 0 saturated carbocycles. The van der Waals surface area contributed by atoms with Gasteiger partial charge in [-0.05, 0) is 28.1 Å². The lowest BCUT2D eigenvalue weighted by molar-refractivity contribution is -0.141. The maximum absolute atomic E-state index is 11.9.